The second-order valence-corrected chi connectivity index (χ2v) is 6.01. The molecule has 112 valence electrons. The van der Waals surface area contributed by atoms with Crippen molar-refractivity contribution in [2.45, 2.75) is 26.5 Å². The fourth-order valence-electron chi connectivity index (χ4n) is 1.79. The summed E-state index contributed by atoms with van der Waals surface area (Å²) in [4.78, 5) is 4.37. The Balaban J connectivity index is 1.88. The summed E-state index contributed by atoms with van der Waals surface area (Å²) in [5.74, 6) is 0.744. The zero-order valence-electron chi connectivity index (χ0n) is 11.9. The van der Waals surface area contributed by atoms with Crippen molar-refractivity contribution in [2.24, 2.45) is 0 Å². The van der Waals surface area contributed by atoms with E-state index in [-0.39, 0.29) is 0 Å². The molecular weight excluding hydrogens is 352 g/mol. The Bertz CT molecular complexity index is 575. The van der Waals surface area contributed by atoms with Gasteiger partial charge >= 0.3 is 0 Å². The van der Waals surface area contributed by atoms with Crippen molar-refractivity contribution in [3.05, 3.63) is 57.3 Å². The van der Waals surface area contributed by atoms with E-state index in [4.69, 9.17) is 16.3 Å². The van der Waals surface area contributed by atoms with E-state index >= 15 is 0 Å². The highest BCUT2D eigenvalue weighted by molar-refractivity contribution is 9.10. The smallest absolute Gasteiger partial charge is 0.138 e. The topological polar surface area (TPSA) is 34.1 Å². The lowest BCUT2D eigenvalue weighted by atomic mass is 10.2. The quantitative estimate of drug-likeness (QED) is 0.726. The third-order valence-electron chi connectivity index (χ3n) is 2.94. The van der Waals surface area contributed by atoms with Crippen molar-refractivity contribution in [3.8, 4) is 5.75 Å². The molecule has 3 nitrogen and oxygen atoms in total. The van der Waals surface area contributed by atoms with Gasteiger partial charge in [-0.05, 0) is 37.2 Å². The standard InChI is InChI=1S/C16H18BrClN2O/c1-2-7-19-9-14-5-6-15(10-20-14)21-11-12-3-4-13(17)8-16(12)18/h3-6,8,10,19H,2,7,9,11H2,1H3. The van der Waals surface area contributed by atoms with Crippen LogP contribution >= 0.6 is 27.5 Å². The number of benzene rings is 1. The summed E-state index contributed by atoms with van der Waals surface area (Å²) in [7, 11) is 0. The number of hydrogen-bond acceptors (Lipinski definition) is 3. The molecule has 0 unspecified atom stereocenters. The Kier molecular flexibility index (Phi) is 6.49. The minimum absolute atomic E-state index is 0.432. The molecule has 0 fully saturated rings. The molecular formula is C16H18BrClN2O. The fraction of sp³-hybridized carbons (Fsp3) is 0.312. The third-order valence-corrected chi connectivity index (χ3v) is 3.79. The number of aromatic nitrogens is 1. The highest BCUT2D eigenvalue weighted by atomic mass is 79.9. The molecule has 5 heteroatoms. The van der Waals surface area contributed by atoms with Gasteiger partial charge in [-0.25, -0.2) is 0 Å². The van der Waals surface area contributed by atoms with Crippen molar-refractivity contribution in [1.82, 2.24) is 10.3 Å². The maximum absolute atomic E-state index is 6.16. The van der Waals surface area contributed by atoms with Gasteiger partial charge < -0.3 is 10.1 Å². The van der Waals surface area contributed by atoms with Crippen molar-refractivity contribution < 1.29 is 4.74 Å². The molecule has 0 aliphatic heterocycles. The molecule has 21 heavy (non-hydrogen) atoms. The van der Waals surface area contributed by atoms with Gasteiger partial charge in [-0.1, -0.05) is 40.5 Å². The van der Waals surface area contributed by atoms with E-state index in [0.717, 1.165) is 41.0 Å². The second-order valence-electron chi connectivity index (χ2n) is 4.69. The lowest BCUT2D eigenvalue weighted by Gasteiger charge is -2.09. The van der Waals surface area contributed by atoms with Crippen LogP contribution in [-0.4, -0.2) is 11.5 Å². The highest BCUT2D eigenvalue weighted by Crippen LogP contribution is 2.22. The van der Waals surface area contributed by atoms with Crippen LogP contribution in [0.15, 0.2) is 41.0 Å². The zero-order chi connectivity index (χ0) is 15.1. The Morgan fingerprint density at radius 2 is 2.14 bits per heavy atom. The van der Waals surface area contributed by atoms with E-state index < -0.39 is 0 Å². The molecule has 0 saturated heterocycles. The minimum atomic E-state index is 0.432. The number of nitrogens with one attached hydrogen (secondary N) is 1. The first-order valence-electron chi connectivity index (χ1n) is 6.91. The summed E-state index contributed by atoms with van der Waals surface area (Å²) in [5.41, 5.74) is 1.96. The normalized spacial score (nSPS) is 10.6. The Morgan fingerprint density at radius 3 is 2.81 bits per heavy atom. The van der Waals surface area contributed by atoms with Crippen LogP contribution in [0.5, 0.6) is 5.75 Å². The molecule has 0 saturated carbocycles. The molecule has 2 rings (SSSR count). The second kappa shape index (κ2) is 8.37. The number of ether oxygens (including phenoxy) is 1. The summed E-state index contributed by atoms with van der Waals surface area (Å²) in [6.07, 6.45) is 2.87. The molecule has 0 bridgehead atoms. The molecule has 1 aromatic heterocycles. The van der Waals surface area contributed by atoms with E-state index in [1.54, 1.807) is 6.20 Å². The molecule has 0 aliphatic rings. The van der Waals surface area contributed by atoms with Crippen LogP contribution in [-0.2, 0) is 13.2 Å². The number of rotatable bonds is 7. The van der Waals surface area contributed by atoms with Crippen LogP contribution in [0.3, 0.4) is 0 Å². The van der Waals surface area contributed by atoms with E-state index in [1.165, 1.54) is 0 Å². The predicted molar refractivity (Wildman–Crippen MR) is 89.7 cm³/mol. The lowest BCUT2D eigenvalue weighted by Crippen LogP contribution is -2.14. The van der Waals surface area contributed by atoms with E-state index in [1.807, 2.05) is 30.3 Å². The average Bonchev–Trinajstić information content (AvgIpc) is 2.48. The minimum Gasteiger partial charge on any atom is -0.487 e. The van der Waals surface area contributed by atoms with Gasteiger partial charge in [-0.3, -0.25) is 4.98 Å². The van der Waals surface area contributed by atoms with Gasteiger partial charge in [0.2, 0.25) is 0 Å². The fourth-order valence-corrected chi connectivity index (χ4v) is 2.52. The summed E-state index contributed by atoms with van der Waals surface area (Å²) in [5, 5.41) is 4.01. The van der Waals surface area contributed by atoms with Gasteiger partial charge in [0.15, 0.2) is 0 Å². The zero-order valence-corrected chi connectivity index (χ0v) is 14.2. The van der Waals surface area contributed by atoms with Gasteiger partial charge in [0.05, 0.1) is 11.9 Å². The summed E-state index contributed by atoms with van der Waals surface area (Å²) < 4.78 is 6.67. The van der Waals surface area contributed by atoms with Crippen molar-refractivity contribution in [3.63, 3.8) is 0 Å². The SMILES string of the molecule is CCCNCc1ccc(OCc2ccc(Br)cc2Cl)cn1. The van der Waals surface area contributed by atoms with Crippen LogP contribution in [0.1, 0.15) is 24.6 Å². The molecule has 2 aromatic rings. The molecule has 0 atom stereocenters. The predicted octanol–water partition coefficient (Wildman–Crippen LogP) is 4.58. The molecule has 1 heterocycles. The first-order valence-corrected chi connectivity index (χ1v) is 8.08. The maximum Gasteiger partial charge on any atom is 0.138 e. The van der Waals surface area contributed by atoms with Crippen molar-refractivity contribution in [2.75, 3.05) is 6.54 Å². The maximum atomic E-state index is 6.16. The number of hydrogen-bond donors (Lipinski definition) is 1. The number of halogens is 2. The first kappa shape index (κ1) is 16.3. The van der Waals surface area contributed by atoms with Crippen LogP contribution in [0.25, 0.3) is 0 Å². The molecule has 1 aromatic carbocycles. The van der Waals surface area contributed by atoms with E-state index in [9.17, 15) is 0 Å². The molecule has 1 N–H and O–H groups in total. The van der Waals surface area contributed by atoms with Gasteiger partial charge in [0.25, 0.3) is 0 Å². The number of pyridine rings is 1. The van der Waals surface area contributed by atoms with Gasteiger partial charge in [-0.2, -0.15) is 0 Å². The van der Waals surface area contributed by atoms with Crippen molar-refractivity contribution in [1.29, 1.82) is 0 Å². The first-order chi connectivity index (χ1) is 10.2. The van der Waals surface area contributed by atoms with Crippen LogP contribution in [0.2, 0.25) is 5.02 Å². The van der Waals surface area contributed by atoms with E-state index in [0.29, 0.717) is 11.6 Å². The van der Waals surface area contributed by atoms with Gasteiger partial charge in [-0.15, -0.1) is 0 Å². The largest absolute Gasteiger partial charge is 0.487 e. The monoisotopic (exact) mass is 368 g/mol. The summed E-state index contributed by atoms with van der Waals surface area (Å²) in [6, 6.07) is 9.67. The summed E-state index contributed by atoms with van der Waals surface area (Å²) >= 11 is 9.54. The highest BCUT2D eigenvalue weighted by Gasteiger charge is 2.03. The van der Waals surface area contributed by atoms with Gasteiger partial charge in [0.1, 0.15) is 12.4 Å². The van der Waals surface area contributed by atoms with Crippen LogP contribution in [0.4, 0.5) is 0 Å². The molecule has 0 spiro atoms. The van der Waals surface area contributed by atoms with Crippen molar-refractivity contribution >= 4 is 27.5 Å². The molecule has 0 radical (unpaired) electrons. The molecule has 0 aliphatic carbocycles. The van der Waals surface area contributed by atoms with Crippen LogP contribution < -0.4 is 10.1 Å². The van der Waals surface area contributed by atoms with Crippen LogP contribution in [0, 0.1) is 0 Å². The third kappa shape index (κ3) is 5.30. The Labute approximate surface area is 138 Å². The summed E-state index contributed by atoms with van der Waals surface area (Å²) in [6.45, 7) is 4.36. The Morgan fingerprint density at radius 1 is 1.29 bits per heavy atom. The van der Waals surface area contributed by atoms with E-state index in [2.05, 4.69) is 33.2 Å². The average molecular weight is 370 g/mol. The molecule has 0 amide bonds. The Hall–Kier alpha value is -1.10. The van der Waals surface area contributed by atoms with Gasteiger partial charge in [0, 0.05) is 21.6 Å². The lowest BCUT2D eigenvalue weighted by molar-refractivity contribution is 0.305. The number of nitrogens with zero attached hydrogens (tertiary/aromatic N) is 1.